The average Bonchev–Trinajstić information content (AvgIpc) is 2.83. The molecule has 0 atom stereocenters. The third-order valence-electron chi connectivity index (χ3n) is 2.62. The van der Waals surface area contributed by atoms with E-state index in [0.717, 1.165) is 18.0 Å². The molecule has 7 heteroatoms. The zero-order valence-electron chi connectivity index (χ0n) is 10.9. The number of nitrogens with one attached hydrogen (secondary N) is 2. The van der Waals surface area contributed by atoms with Crippen molar-refractivity contribution < 1.29 is 4.79 Å². The monoisotopic (exact) mass is 262 g/mol. The SMILES string of the molecule is CCNc1cn2ccnc2c(NCCCC(N)=O)n1. The van der Waals surface area contributed by atoms with Gasteiger partial charge in [-0.1, -0.05) is 0 Å². The first-order valence-corrected chi connectivity index (χ1v) is 6.30. The molecule has 2 heterocycles. The van der Waals surface area contributed by atoms with Gasteiger partial charge in [0.15, 0.2) is 11.5 Å². The molecule has 0 aliphatic rings. The molecule has 2 aromatic heterocycles. The van der Waals surface area contributed by atoms with Crippen LogP contribution in [0.15, 0.2) is 18.6 Å². The minimum atomic E-state index is -0.290. The van der Waals surface area contributed by atoms with Gasteiger partial charge in [0, 0.05) is 31.9 Å². The smallest absolute Gasteiger partial charge is 0.217 e. The van der Waals surface area contributed by atoms with E-state index < -0.39 is 0 Å². The predicted molar refractivity (Wildman–Crippen MR) is 74.1 cm³/mol. The predicted octanol–water partition coefficient (Wildman–Crippen LogP) is 0.838. The quantitative estimate of drug-likeness (QED) is 0.642. The number of anilines is 2. The number of nitrogens with zero attached hydrogens (tertiary/aromatic N) is 3. The van der Waals surface area contributed by atoms with Crippen LogP contribution in [-0.4, -0.2) is 33.4 Å². The molecule has 0 aliphatic carbocycles. The van der Waals surface area contributed by atoms with Crippen LogP contribution in [-0.2, 0) is 4.79 Å². The van der Waals surface area contributed by atoms with Crippen LogP contribution in [0.5, 0.6) is 0 Å². The summed E-state index contributed by atoms with van der Waals surface area (Å²) in [6, 6.07) is 0. The van der Waals surface area contributed by atoms with Gasteiger partial charge in [-0.15, -0.1) is 0 Å². The highest BCUT2D eigenvalue weighted by molar-refractivity contribution is 5.73. The highest BCUT2D eigenvalue weighted by Gasteiger charge is 2.06. The van der Waals surface area contributed by atoms with Gasteiger partial charge in [-0.05, 0) is 13.3 Å². The van der Waals surface area contributed by atoms with Crippen molar-refractivity contribution in [2.45, 2.75) is 19.8 Å². The molecule has 0 unspecified atom stereocenters. The van der Waals surface area contributed by atoms with E-state index in [9.17, 15) is 4.79 Å². The molecule has 2 rings (SSSR count). The van der Waals surface area contributed by atoms with Crippen molar-refractivity contribution in [3.05, 3.63) is 18.6 Å². The van der Waals surface area contributed by atoms with Gasteiger partial charge in [0.1, 0.15) is 5.82 Å². The van der Waals surface area contributed by atoms with Crippen molar-refractivity contribution in [1.82, 2.24) is 14.4 Å². The van der Waals surface area contributed by atoms with E-state index in [1.165, 1.54) is 0 Å². The van der Waals surface area contributed by atoms with Crippen LogP contribution in [0.3, 0.4) is 0 Å². The van der Waals surface area contributed by atoms with Crippen LogP contribution >= 0.6 is 0 Å². The lowest BCUT2D eigenvalue weighted by Gasteiger charge is -2.09. The van der Waals surface area contributed by atoms with Gasteiger partial charge in [-0.3, -0.25) is 4.79 Å². The van der Waals surface area contributed by atoms with E-state index in [0.29, 0.717) is 25.2 Å². The molecular formula is C12H18N6O. The molecule has 0 bridgehead atoms. The molecule has 0 saturated heterocycles. The zero-order valence-corrected chi connectivity index (χ0v) is 10.9. The fourth-order valence-electron chi connectivity index (χ4n) is 1.79. The summed E-state index contributed by atoms with van der Waals surface area (Å²) in [5.41, 5.74) is 5.87. The second-order valence-electron chi connectivity index (χ2n) is 4.16. The average molecular weight is 262 g/mol. The number of aromatic nitrogens is 3. The fourth-order valence-corrected chi connectivity index (χ4v) is 1.79. The van der Waals surface area contributed by atoms with Gasteiger partial charge < -0.3 is 20.8 Å². The molecule has 102 valence electrons. The highest BCUT2D eigenvalue weighted by atomic mass is 16.1. The van der Waals surface area contributed by atoms with Crippen LogP contribution in [0.25, 0.3) is 5.65 Å². The first-order chi connectivity index (χ1) is 9.20. The Labute approximate surface area is 111 Å². The van der Waals surface area contributed by atoms with E-state index >= 15 is 0 Å². The molecular weight excluding hydrogens is 244 g/mol. The summed E-state index contributed by atoms with van der Waals surface area (Å²) in [6.45, 7) is 3.45. The molecule has 0 fully saturated rings. The topological polar surface area (TPSA) is 97.3 Å². The Balaban J connectivity index is 2.11. The molecule has 2 aromatic rings. The van der Waals surface area contributed by atoms with Crippen molar-refractivity contribution in [2.24, 2.45) is 5.73 Å². The Morgan fingerprint density at radius 1 is 1.47 bits per heavy atom. The van der Waals surface area contributed by atoms with Crippen molar-refractivity contribution in [3.63, 3.8) is 0 Å². The number of hydrogen-bond donors (Lipinski definition) is 3. The van der Waals surface area contributed by atoms with Gasteiger partial charge in [-0.2, -0.15) is 0 Å². The van der Waals surface area contributed by atoms with Crippen LogP contribution in [0.1, 0.15) is 19.8 Å². The summed E-state index contributed by atoms with van der Waals surface area (Å²) in [4.78, 5) is 19.4. The minimum Gasteiger partial charge on any atom is -0.370 e. The standard InChI is InChI=1S/C12H18N6O/c1-2-14-10-8-18-7-6-16-12(18)11(17-10)15-5-3-4-9(13)19/h6-8,14H,2-5H2,1H3,(H2,13,19)(H,15,17). The first kappa shape index (κ1) is 13.1. The van der Waals surface area contributed by atoms with Crippen LogP contribution in [0, 0.1) is 0 Å². The Kier molecular flexibility index (Phi) is 4.17. The van der Waals surface area contributed by atoms with Gasteiger partial charge in [0.2, 0.25) is 5.91 Å². The summed E-state index contributed by atoms with van der Waals surface area (Å²) in [6.07, 6.45) is 6.52. The van der Waals surface area contributed by atoms with Crippen molar-refractivity contribution >= 4 is 23.2 Å². The number of amides is 1. The van der Waals surface area contributed by atoms with Gasteiger partial charge in [0.25, 0.3) is 0 Å². The van der Waals surface area contributed by atoms with E-state index in [4.69, 9.17) is 5.73 Å². The Morgan fingerprint density at radius 2 is 2.32 bits per heavy atom. The molecule has 0 aromatic carbocycles. The lowest BCUT2D eigenvalue weighted by molar-refractivity contribution is -0.118. The number of imidazole rings is 1. The van der Waals surface area contributed by atoms with Crippen molar-refractivity contribution in [2.75, 3.05) is 23.7 Å². The van der Waals surface area contributed by atoms with E-state index in [-0.39, 0.29) is 5.91 Å². The largest absolute Gasteiger partial charge is 0.370 e. The molecule has 19 heavy (non-hydrogen) atoms. The van der Waals surface area contributed by atoms with Gasteiger partial charge in [-0.25, -0.2) is 9.97 Å². The maximum atomic E-state index is 10.7. The third-order valence-corrected chi connectivity index (χ3v) is 2.62. The number of primary amides is 1. The summed E-state index contributed by atoms with van der Waals surface area (Å²) < 4.78 is 1.90. The Morgan fingerprint density at radius 3 is 3.05 bits per heavy atom. The summed E-state index contributed by atoms with van der Waals surface area (Å²) >= 11 is 0. The number of nitrogens with two attached hydrogens (primary N) is 1. The summed E-state index contributed by atoms with van der Waals surface area (Å²) in [7, 11) is 0. The number of fused-ring (bicyclic) bond motifs is 1. The van der Waals surface area contributed by atoms with Crippen LogP contribution < -0.4 is 16.4 Å². The second kappa shape index (κ2) is 6.03. The maximum Gasteiger partial charge on any atom is 0.217 e. The minimum absolute atomic E-state index is 0.290. The molecule has 0 radical (unpaired) electrons. The van der Waals surface area contributed by atoms with Gasteiger partial charge in [0.05, 0.1) is 6.20 Å². The molecule has 0 spiro atoms. The number of carbonyl (C=O) groups excluding carboxylic acids is 1. The molecule has 7 nitrogen and oxygen atoms in total. The lowest BCUT2D eigenvalue weighted by Crippen LogP contribution is -2.13. The zero-order chi connectivity index (χ0) is 13.7. The van der Waals surface area contributed by atoms with E-state index in [1.54, 1.807) is 6.20 Å². The lowest BCUT2D eigenvalue weighted by atomic mass is 10.3. The van der Waals surface area contributed by atoms with Crippen LogP contribution in [0.2, 0.25) is 0 Å². The van der Waals surface area contributed by atoms with E-state index in [1.807, 2.05) is 23.7 Å². The van der Waals surface area contributed by atoms with Crippen molar-refractivity contribution in [1.29, 1.82) is 0 Å². The Hall–Kier alpha value is -2.31. The molecule has 4 N–H and O–H groups in total. The highest BCUT2D eigenvalue weighted by Crippen LogP contribution is 2.16. The van der Waals surface area contributed by atoms with E-state index in [2.05, 4.69) is 20.6 Å². The van der Waals surface area contributed by atoms with Crippen LogP contribution in [0.4, 0.5) is 11.6 Å². The summed E-state index contributed by atoms with van der Waals surface area (Å²) in [5, 5.41) is 6.35. The van der Waals surface area contributed by atoms with Crippen molar-refractivity contribution in [3.8, 4) is 0 Å². The fraction of sp³-hybridized carbons (Fsp3) is 0.417. The second-order valence-corrected chi connectivity index (χ2v) is 4.16. The maximum absolute atomic E-state index is 10.7. The normalized spacial score (nSPS) is 10.6. The number of rotatable bonds is 7. The summed E-state index contributed by atoms with van der Waals surface area (Å²) in [5.74, 6) is 1.19. The third kappa shape index (κ3) is 3.34. The number of carbonyl (C=O) groups is 1. The molecule has 0 saturated carbocycles. The Bertz CT molecular complexity index is 564. The molecule has 0 aliphatic heterocycles. The first-order valence-electron chi connectivity index (χ1n) is 6.30. The molecule has 1 amide bonds. The number of hydrogen-bond acceptors (Lipinski definition) is 5. The van der Waals surface area contributed by atoms with Gasteiger partial charge >= 0.3 is 0 Å².